The molecular weight excluding hydrogens is 138 g/mol. The van der Waals surface area contributed by atoms with Gasteiger partial charge in [-0.05, 0) is 26.8 Å². The fourth-order valence-corrected chi connectivity index (χ4v) is 0.490. The fourth-order valence-electron chi connectivity index (χ4n) is 0.490. The summed E-state index contributed by atoms with van der Waals surface area (Å²) in [6.07, 6.45) is 3.56. The lowest BCUT2D eigenvalue weighted by Gasteiger charge is -1.96. The molecule has 0 aromatic carbocycles. The Morgan fingerprint density at radius 1 is 1.27 bits per heavy atom. The van der Waals surface area contributed by atoms with Gasteiger partial charge in [-0.15, -0.1) is 0 Å². The molecule has 0 aliphatic carbocycles. The van der Waals surface area contributed by atoms with Crippen LogP contribution in [0.3, 0.4) is 0 Å². The zero-order valence-corrected chi connectivity index (χ0v) is 7.26. The molecule has 62 valence electrons. The Morgan fingerprint density at radius 3 is 2.18 bits per heavy atom. The first kappa shape index (κ1) is 9.75. The van der Waals surface area contributed by atoms with Gasteiger partial charge in [-0.25, -0.2) is 4.99 Å². The zero-order chi connectivity index (χ0) is 8.85. The van der Waals surface area contributed by atoms with Gasteiger partial charge in [0, 0.05) is 5.70 Å². The van der Waals surface area contributed by atoms with Crippen LogP contribution < -0.4 is 11.5 Å². The summed E-state index contributed by atoms with van der Waals surface area (Å²) in [4.78, 5) is 4.03. The molecule has 0 radical (unpaired) electrons. The van der Waals surface area contributed by atoms with Crippen LogP contribution in [-0.2, 0) is 0 Å². The first-order valence-corrected chi connectivity index (χ1v) is 3.47. The van der Waals surface area contributed by atoms with Crippen molar-refractivity contribution in [1.29, 1.82) is 0 Å². The van der Waals surface area contributed by atoms with Crippen LogP contribution in [0.2, 0.25) is 0 Å². The molecule has 0 heterocycles. The average molecular weight is 153 g/mol. The lowest BCUT2D eigenvalue weighted by molar-refractivity contribution is 1.15. The van der Waals surface area contributed by atoms with Crippen LogP contribution in [0.5, 0.6) is 0 Å². The summed E-state index contributed by atoms with van der Waals surface area (Å²) in [5.74, 6) is 0.481. The normalized spacial score (nSPS) is 15.4. The molecule has 0 aromatic heterocycles. The maximum absolute atomic E-state index is 5.50. The molecule has 0 rings (SSSR count). The zero-order valence-electron chi connectivity index (χ0n) is 7.26. The predicted molar refractivity (Wildman–Crippen MR) is 49.0 cm³/mol. The highest BCUT2D eigenvalue weighted by atomic mass is 14.9. The van der Waals surface area contributed by atoms with Gasteiger partial charge in [0.05, 0.1) is 5.70 Å². The minimum atomic E-state index is 0.481. The summed E-state index contributed by atoms with van der Waals surface area (Å²) in [6.45, 7) is 5.50. The first-order valence-electron chi connectivity index (χ1n) is 3.47. The first-order chi connectivity index (χ1) is 5.07. The van der Waals surface area contributed by atoms with Crippen LogP contribution in [0.1, 0.15) is 20.8 Å². The van der Waals surface area contributed by atoms with E-state index in [2.05, 4.69) is 4.99 Å². The van der Waals surface area contributed by atoms with E-state index < -0.39 is 0 Å². The van der Waals surface area contributed by atoms with Gasteiger partial charge in [-0.1, -0.05) is 6.08 Å². The summed E-state index contributed by atoms with van der Waals surface area (Å²) in [7, 11) is 0. The van der Waals surface area contributed by atoms with Crippen molar-refractivity contribution in [3.05, 3.63) is 23.5 Å². The molecule has 0 saturated heterocycles. The number of amidine groups is 1. The summed E-state index contributed by atoms with van der Waals surface area (Å²) in [5.41, 5.74) is 12.4. The summed E-state index contributed by atoms with van der Waals surface area (Å²) >= 11 is 0. The molecule has 0 aliphatic rings. The SMILES string of the molecule is C\C=C/C(N)=N\C(C)=C(\C)N. The van der Waals surface area contributed by atoms with E-state index in [1.54, 1.807) is 13.0 Å². The van der Waals surface area contributed by atoms with Gasteiger partial charge in [0.2, 0.25) is 0 Å². The van der Waals surface area contributed by atoms with E-state index in [-0.39, 0.29) is 0 Å². The number of aliphatic imine (C=N–C) groups is 1. The Kier molecular flexibility index (Phi) is 4.03. The number of rotatable bonds is 2. The summed E-state index contributed by atoms with van der Waals surface area (Å²) in [5, 5.41) is 0. The lowest BCUT2D eigenvalue weighted by Crippen LogP contribution is -2.08. The highest BCUT2D eigenvalue weighted by Crippen LogP contribution is 1.97. The van der Waals surface area contributed by atoms with Crippen LogP contribution >= 0.6 is 0 Å². The Hall–Kier alpha value is -1.25. The maximum atomic E-state index is 5.50. The molecule has 0 unspecified atom stereocenters. The molecule has 3 nitrogen and oxygen atoms in total. The molecule has 0 fully saturated rings. The van der Waals surface area contributed by atoms with Crippen LogP contribution in [0, 0.1) is 0 Å². The third kappa shape index (κ3) is 4.19. The monoisotopic (exact) mass is 153 g/mol. The van der Waals surface area contributed by atoms with Gasteiger partial charge in [-0.3, -0.25) is 0 Å². The molecule has 0 bridgehead atoms. The minimum Gasteiger partial charge on any atom is -0.401 e. The van der Waals surface area contributed by atoms with E-state index in [4.69, 9.17) is 11.5 Å². The van der Waals surface area contributed by atoms with Crippen LogP contribution in [0.25, 0.3) is 0 Å². The van der Waals surface area contributed by atoms with Crippen molar-refractivity contribution in [1.82, 2.24) is 0 Å². The third-order valence-electron chi connectivity index (χ3n) is 1.20. The van der Waals surface area contributed by atoms with Gasteiger partial charge in [0.25, 0.3) is 0 Å². The molecule has 0 saturated carbocycles. The van der Waals surface area contributed by atoms with E-state index >= 15 is 0 Å². The average Bonchev–Trinajstić information content (AvgIpc) is 1.87. The molecule has 0 amide bonds. The van der Waals surface area contributed by atoms with E-state index in [1.165, 1.54) is 0 Å². The Morgan fingerprint density at radius 2 is 1.82 bits per heavy atom. The highest BCUT2D eigenvalue weighted by molar-refractivity contribution is 5.91. The van der Waals surface area contributed by atoms with Crippen molar-refractivity contribution in [2.45, 2.75) is 20.8 Å². The maximum Gasteiger partial charge on any atom is 0.123 e. The number of nitrogens with two attached hydrogens (primary N) is 2. The molecule has 4 N–H and O–H groups in total. The van der Waals surface area contributed by atoms with Crippen molar-refractivity contribution < 1.29 is 0 Å². The Bertz CT molecular complexity index is 207. The van der Waals surface area contributed by atoms with Gasteiger partial charge in [0.15, 0.2) is 0 Å². The van der Waals surface area contributed by atoms with Crippen LogP contribution in [-0.4, -0.2) is 5.84 Å². The van der Waals surface area contributed by atoms with Gasteiger partial charge >= 0.3 is 0 Å². The largest absolute Gasteiger partial charge is 0.401 e. The van der Waals surface area contributed by atoms with E-state index in [9.17, 15) is 0 Å². The molecule has 0 aliphatic heterocycles. The van der Waals surface area contributed by atoms with E-state index in [1.807, 2.05) is 19.9 Å². The van der Waals surface area contributed by atoms with Crippen molar-refractivity contribution >= 4 is 5.84 Å². The van der Waals surface area contributed by atoms with Crippen molar-refractivity contribution in [2.75, 3.05) is 0 Å². The molecule has 0 aromatic rings. The lowest BCUT2D eigenvalue weighted by atomic mass is 10.4. The third-order valence-corrected chi connectivity index (χ3v) is 1.20. The number of hydrogen-bond donors (Lipinski definition) is 2. The summed E-state index contributed by atoms with van der Waals surface area (Å²) in [6, 6.07) is 0. The van der Waals surface area contributed by atoms with Crippen LogP contribution in [0.15, 0.2) is 28.5 Å². The number of allylic oxidation sites excluding steroid dienone is 3. The van der Waals surface area contributed by atoms with Gasteiger partial charge in [-0.2, -0.15) is 0 Å². The number of nitrogens with zero attached hydrogens (tertiary/aromatic N) is 1. The van der Waals surface area contributed by atoms with Crippen molar-refractivity contribution in [3.8, 4) is 0 Å². The highest BCUT2D eigenvalue weighted by Gasteiger charge is 1.88. The summed E-state index contributed by atoms with van der Waals surface area (Å²) < 4.78 is 0. The smallest absolute Gasteiger partial charge is 0.123 e. The second-order valence-electron chi connectivity index (χ2n) is 2.31. The van der Waals surface area contributed by atoms with E-state index in [0.717, 1.165) is 5.70 Å². The van der Waals surface area contributed by atoms with E-state index in [0.29, 0.717) is 11.5 Å². The number of hydrogen-bond acceptors (Lipinski definition) is 2. The van der Waals surface area contributed by atoms with Gasteiger partial charge in [0.1, 0.15) is 5.84 Å². The minimum absolute atomic E-state index is 0.481. The van der Waals surface area contributed by atoms with Crippen LogP contribution in [0.4, 0.5) is 0 Å². The molecule has 0 atom stereocenters. The second kappa shape index (κ2) is 4.55. The molecular formula is C8H15N3. The predicted octanol–water partition coefficient (Wildman–Crippen LogP) is 1.13. The van der Waals surface area contributed by atoms with Crippen molar-refractivity contribution in [3.63, 3.8) is 0 Å². The molecule has 0 spiro atoms. The molecule has 3 heteroatoms. The fraction of sp³-hybridized carbons (Fsp3) is 0.375. The quantitative estimate of drug-likeness (QED) is 0.461. The van der Waals surface area contributed by atoms with Gasteiger partial charge < -0.3 is 11.5 Å². The standard InChI is InChI=1S/C8H15N3/c1-4-5-8(10)11-7(3)6(2)9/h4-5H,9H2,1-3H3,(H2,10,11)/b5-4-,7-6-. The second-order valence-corrected chi connectivity index (χ2v) is 2.31. The Labute approximate surface area is 67.5 Å². The Balaban J connectivity index is 4.44. The van der Waals surface area contributed by atoms with Crippen molar-refractivity contribution in [2.24, 2.45) is 16.5 Å². The topological polar surface area (TPSA) is 64.4 Å². The molecule has 11 heavy (non-hydrogen) atoms.